The molecule has 2 rings (SSSR count). The predicted octanol–water partition coefficient (Wildman–Crippen LogP) is 1.75. The van der Waals surface area contributed by atoms with E-state index in [1.54, 1.807) is 4.90 Å². The number of carbonyl (C=O) groups is 2. The van der Waals surface area contributed by atoms with Crippen LogP contribution in [0.2, 0.25) is 0 Å². The summed E-state index contributed by atoms with van der Waals surface area (Å²) in [5, 5.41) is 9.25. The van der Waals surface area contributed by atoms with Crippen molar-refractivity contribution in [3.63, 3.8) is 0 Å². The Hall–Kier alpha value is -1.50. The van der Waals surface area contributed by atoms with Crippen molar-refractivity contribution in [3.05, 3.63) is 0 Å². The third-order valence-electron chi connectivity index (χ3n) is 4.17. The fraction of sp³-hybridized carbons (Fsp3) is 0.733. The topological polar surface area (TPSA) is 57.6 Å². The lowest BCUT2D eigenvalue weighted by Crippen LogP contribution is -2.43. The zero-order chi connectivity index (χ0) is 13.8. The third kappa shape index (κ3) is 3.50. The maximum absolute atomic E-state index is 12.5. The zero-order valence-electron chi connectivity index (χ0n) is 11.2. The molecule has 4 heteroatoms. The van der Waals surface area contributed by atoms with Gasteiger partial charge in [-0.1, -0.05) is 18.8 Å². The van der Waals surface area contributed by atoms with Gasteiger partial charge in [0.1, 0.15) is 0 Å². The molecular weight excluding hydrogens is 242 g/mol. The van der Waals surface area contributed by atoms with E-state index in [0.717, 1.165) is 25.7 Å². The highest BCUT2D eigenvalue weighted by molar-refractivity contribution is 5.85. The van der Waals surface area contributed by atoms with Crippen LogP contribution in [0.5, 0.6) is 0 Å². The van der Waals surface area contributed by atoms with Gasteiger partial charge in [-0.05, 0) is 31.6 Å². The Morgan fingerprint density at radius 3 is 2.32 bits per heavy atom. The SMILES string of the molecule is C#CCN(CC1CC1)C(=O)[C@@H]1CCCC[C@@H]1C(=O)O. The van der Waals surface area contributed by atoms with Crippen LogP contribution in [0.25, 0.3) is 0 Å². The van der Waals surface area contributed by atoms with Crippen LogP contribution in [0.3, 0.4) is 0 Å². The smallest absolute Gasteiger partial charge is 0.307 e. The van der Waals surface area contributed by atoms with Gasteiger partial charge >= 0.3 is 5.97 Å². The Kier molecular flexibility index (Phi) is 4.47. The Morgan fingerprint density at radius 2 is 1.79 bits per heavy atom. The van der Waals surface area contributed by atoms with E-state index < -0.39 is 11.9 Å². The first-order chi connectivity index (χ1) is 9.13. The summed E-state index contributed by atoms with van der Waals surface area (Å²) in [6, 6.07) is 0. The number of hydrogen-bond acceptors (Lipinski definition) is 2. The predicted molar refractivity (Wildman–Crippen MR) is 71.2 cm³/mol. The summed E-state index contributed by atoms with van der Waals surface area (Å²) < 4.78 is 0. The molecule has 2 aliphatic rings. The van der Waals surface area contributed by atoms with Gasteiger partial charge in [0.05, 0.1) is 18.4 Å². The molecule has 0 aromatic rings. The van der Waals surface area contributed by atoms with E-state index in [9.17, 15) is 14.7 Å². The molecule has 1 N–H and O–H groups in total. The van der Waals surface area contributed by atoms with Crippen molar-refractivity contribution in [3.8, 4) is 12.3 Å². The number of rotatable bonds is 5. The van der Waals surface area contributed by atoms with Crippen molar-refractivity contribution in [2.75, 3.05) is 13.1 Å². The summed E-state index contributed by atoms with van der Waals surface area (Å²) in [5.41, 5.74) is 0. The Bertz CT molecular complexity index is 395. The van der Waals surface area contributed by atoms with Gasteiger partial charge in [0, 0.05) is 6.54 Å². The minimum atomic E-state index is -0.842. The monoisotopic (exact) mass is 263 g/mol. The van der Waals surface area contributed by atoms with Crippen LogP contribution in [0, 0.1) is 30.1 Å². The van der Waals surface area contributed by atoms with E-state index in [-0.39, 0.29) is 11.8 Å². The number of carboxylic acid groups (broad SMARTS) is 1. The second-order valence-electron chi connectivity index (χ2n) is 5.70. The Labute approximate surface area is 114 Å². The summed E-state index contributed by atoms with van der Waals surface area (Å²) in [4.78, 5) is 25.5. The van der Waals surface area contributed by atoms with Gasteiger partial charge in [-0.25, -0.2) is 0 Å². The van der Waals surface area contributed by atoms with Gasteiger partial charge in [0.25, 0.3) is 0 Å². The summed E-state index contributed by atoms with van der Waals surface area (Å²) in [7, 11) is 0. The molecule has 0 bridgehead atoms. The van der Waals surface area contributed by atoms with Crippen LogP contribution in [-0.4, -0.2) is 35.0 Å². The molecule has 0 heterocycles. The molecule has 1 amide bonds. The average molecular weight is 263 g/mol. The lowest BCUT2D eigenvalue weighted by atomic mass is 9.78. The van der Waals surface area contributed by atoms with Crippen LogP contribution in [0.1, 0.15) is 38.5 Å². The normalized spacial score (nSPS) is 26.5. The lowest BCUT2D eigenvalue weighted by Gasteiger charge is -2.32. The van der Waals surface area contributed by atoms with E-state index in [1.165, 1.54) is 0 Å². The van der Waals surface area contributed by atoms with Crippen molar-refractivity contribution < 1.29 is 14.7 Å². The summed E-state index contributed by atoms with van der Waals surface area (Å²) in [6.45, 7) is 1.00. The Balaban J connectivity index is 2.04. The molecule has 0 aromatic carbocycles. The zero-order valence-corrected chi connectivity index (χ0v) is 11.2. The van der Waals surface area contributed by atoms with Gasteiger partial charge in [-0.2, -0.15) is 0 Å². The molecule has 0 aliphatic heterocycles. The molecule has 19 heavy (non-hydrogen) atoms. The molecule has 2 aliphatic carbocycles. The van der Waals surface area contributed by atoms with Gasteiger partial charge in [0.15, 0.2) is 0 Å². The van der Waals surface area contributed by atoms with Crippen LogP contribution >= 0.6 is 0 Å². The number of aliphatic carboxylic acids is 1. The summed E-state index contributed by atoms with van der Waals surface area (Å²) >= 11 is 0. The van der Waals surface area contributed by atoms with Gasteiger partial charge in [0.2, 0.25) is 5.91 Å². The number of carboxylic acids is 1. The van der Waals surface area contributed by atoms with Gasteiger partial charge < -0.3 is 10.0 Å². The van der Waals surface area contributed by atoms with Crippen LogP contribution < -0.4 is 0 Å². The maximum atomic E-state index is 12.5. The van der Waals surface area contributed by atoms with Crippen molar-refractivity contribution in [2.24, 2.45) is 17.8 Å². The fourth-order valence-electron chi connectivity index (χ4n) is 2.91. The Morgan fingerprint density at radius 1 is 1.16 bits per heavy atom. The minimum absolute atomic E-state index is 0.0445. The fourth-order valence-corrected chi connectivity index (χ4v) is 2.91. The van der Waals surface area contributed by atoms with Crippen molar-refractivity contribution >= 4 is 11.9 Å². The molecule has 4 nitrogen and oxygen atoms in total. The first-order valence-electron chi connectivity index (χ1n) is 7.08. The number of nitrogens with zero attached hydrogens (tertiary/aromatic N) is 1. The maximum Gasteiger partial charge on any atom is 0.307 e. The highest BCUT2D eigenvalue weighted by Gasteiger charge is 2.38. The molecule has 0 aromatic heterocycles. The molecule has 0 unspecified atom stereocenters. The second kappa shape index (κ2) is 6.10. The third-order valence-corrected chi connectivity index (χ3v) is 4.17. The van der Waals surface area contributed by atoms with E-state index >= 15 is 0 Å². The minimum Gasteiger partial charge on any atom is -0.481 e. The molecule has 0 spiro atoms. The van der Waals surface area contributed by atoms with E-state index in [4.69, 9.17) is 6.42 Å². The van der Waals surface area contributed by atoms with E-state index in [2.05, 4.69) is 5.92 Å². The highest BCUT2D eigenvalue weighted by Crippen LogP contribution is 2.34. The number of amides is 1. The first kappa shape index (κ1) is 13.9. The number of carbonyl (C=O) groups excluding carboxylic acids is 1. The molecule has 0 saturated heterocycles. The van der Waals surface area contributed by atoms with Crippen molar-refractivity contribution in [1.82, 2.24) is 4.90 Å². The standard InChI is InChI=1S/C15H21NO3/c1-2-9-16(10-11-7-8-11)14(17)12-5-3-4-6-13(12)15(18)19/h1,11-13H,3-10H2,(H,18,19)/t12-,13+/m1/s1. The molecule has 0 radical (unpaired) electrons. The van der Waals surface area contributed by atoms with Crippen molar-refractivity contribution in [1.29, 1.82) is 0 Å². The molecular formula is C15H21NO3. The van der Waals surface area contributed by atoms with E-state index in [0.29, 0.717) is 31.8 Å². The van der Waals surface area contributed by atoms with E-state index in [1.807, 2.05) is 0 Å². The van der Waals surface area contributed by atoms with Gasteiger partial charge in [-0.3, -0.25) is 9.59 Å². The van der Waals surface area contributed by atoms with Crippen LogP contribution in [-0.2, 0) is 9.59 Å². The quantitative estimate of drug-likeness (QED) is 0.769. The number of hydrogen-bond donors (Lipinski definition) is 1. The van der Waals surface area contributed by atoms with Crippen LogP contribution in [0.4, 0.5) is 0 Å². The lowest BCUT2D eigenvalue weighted by molar-refractivity contribution is -0.152. The summed E-state index contributed by atoms with van der Waals surface area (Å²) in [6.07, 6.45) is 10.8. The first-order valence-corrected chi connectivity index (χ1v) is 7.08. The molecule has 104 valence electrons. The average Bonchev–Trinajstić information content (AvgIpc) is 3.21. The highest BCUT2D eigenvalue weighted by atomic mass is 16.4. The largest absolute Gasteiger partial charge is 0.481 e. The molecule has 2 fully saturated rings. The van der Waals surface area contributed by atoms with Crippen LogP contribution in [0.15, 0.2) is 0 Å². The second-order valence-corrected chi connectivity index (χ2v) is 5.70. The van der Waals surface area contributed by atoms with Gasteiger partial charge in [-0.15, -0.1) is 6.42 Å². The summed E-state index contributed by atoms with van der Waals surface area (Å²) in [5.74, 6) is 1.31. The molecule has 2 atom stereocenters. The van der Waals surface area contributed by atoms with Crippen molar-refractivity contribution in [2.45, 2.75) is 38.5 Å². The number of terminal acetylenes is 1. The molecule has 2 saturated carbocycles.